The number of rotatable bonds is 5. The standard InChI is InChI=1S/C21H24N2O/c1-3-23(4-2)14-13-21(16-22)18-10-6-5-9-17(18)15-24-20-12-8-7-11-19(20)21/h5-12H,3-4,13-15H2,1-2H3. The summed E-state index contributed by atoms with van der Waals surface area (Å²) in [6, 6.07) is 18.9. The van der Waals surface area contributed by atoms with E-state index in [4.69, 9.17) is 4.74 Å². The summed E-state index contributed by atoms with van der Waals surface area (Å²) in [5.41, 5.74) is 2.52. The van der Waals surface area contributed by atoms with Crippen LogP contribution in [0.25, 0.3) is 0 Å². The topological polar surface area (TPSA) is 36.3 Å². The third kappa shape index (κ3) is 2.79. The largest absolute Gasteiger partial charge is 0.489 e. The highest BCUT2D eigenvalue weighted by atomic mass is 16.5. The highest BCUT2D eigenvalue weighted by Crippen LogP contribution is 2.44. The van der Waals surface area contributed by atoms with Gasteiger partial charge < -0.3 is 9.64 Å². The second-order valence-electron chi connectivity index (χ2n) is 6.24. The number of hydrogen-bond donors (Lipinski definition) is 0. The van der Waals surface area contributed by atoms with E-state index in [1.54, 1.807) is 0 Å². The van der Waals surface area contributed by atoms with Crippen molar-refractivity contribution in [2.24, 2.45) is 0 Å². The van der Waals surface area contributed by atoms with Crippen LogP contribution < -0.4 is 4.74 Å². The molecule has 3 heteroatoms. The average Bonchev–Trinajstić information content (AvgIpc) is 2.78. The SMILES string of the molecule is CCN(CC)CCC1(C#N)c2ccccc2COc2ccccc21. The maximum Gasteiger partial charge on any atom is 0.124 e. The van der Waals surface area contributed by atoms with Crippen molar-refractivity contribution in [1.82, 2.24) is 4.90 Å². The van der Waals surface area contributed by atoms with E-state index in [1.807, 2.05) is 36.4 Å². The van der Waals surface area contributed by atoms with Crippen LogP contribution in [0.5, 0.6) is 5.75 Å². The second kappa shape index (κ2) is 7.07. The van der Waals surface area contributed by atoms with Gasteiger partial charge in [-0.1, -0.05) is 56.3 Å². The fourth-order valence-corrected chi connectivity index (χ4v) is 3.62. The van der Waals surface area contributed by atoms with Gasteiger partial charge in [0.25, 0.3) is 0 Å². The van der Waals surface area contributed by atoms with E-state index in [2.05, 4.69) is 36.9 Å². The van der Waals surface area contributed by atoms with Crippen LogP contribution in [0.1, 0.15) is 37.0 Å². The summed E-state index contributed by atoms with van der Waals surface area (Å²) in [7, 11) is 0. The quantitative estimate of drug-likeness (QED) is 0.831. The van der Waals surface area contributed by atoms with E-state index in [0.29, 0.717) is 6.61 Å². The zero-order chi connectivity index (χ0) is 17.0. The van der Waals surface area contributed by atoms with E-state index in [1.165, 1.54) is 0 Å². The van der Waals surface area contributed by atoms with Crippen LogP contribution in [0.3, 0.4) is 0 Å². The fraction of sp³-hybridized carbons (Fsp3) is 0.381. The Morgan fingerprint density at radius 3 is 2.42 bits per heavy atom. The molecule has 0 aromatic heterocycles. The Morgan fingerprint density at radius 1 is 1.04 bits per heavy atom. The Balaban J connectivity index is 2.13. The molecular formula is C21H24N2O. The number of nitrogens with zero attached hydrogens (tertiary/aromatic N) is 2. The molecule has 0 saturated carbocycles. The Kier molecular flexibility index (Phi) is 4.87. The molecule has 0 N–H and O–H groups in total. The number of ether oxygens (including phenoxy) is 1. The van der Waals surface area contributed by atoms with Gasteiger partial charge in [0.1, 0.15) is 17.8 Å². The third-order valence-corrected chi connectivity index (χ3v) is 5.10. The molecule has 1 atom stereocenters. The molecule has 124 valence electrons. The Morgan fingerprint density at radius 2 is 1.71 bits per heavy atom. The number of para-hydroxylation sites is 1. The summed E-state index contributed by atoms with van der Waals surface area (Å²) >= 11 is 0. The summed E-state index contributed by atoms with van der Waals surface area (Å²) in [6.07, 6.45) is 0.766. The van der Waals surface area contributed by atoms with Crippen LogP contribution >= 0.6 is 0 Å². The van der Waals surface area contributed by atoms with Gasteiger partial charge in [0, 0.05) is 12.1 Å². The molecule has 1 unspecified atom stereocenters. The van der Waals surface area contributed by atoms with Gasteiger partial charge in [-0.3, -0.25) is 0 Å². The summed E-state index contributed by atoms with van der Waals surface area (Å²) in [5, 5.41) is 10.3. The molecule has 2 aromatic carbocycles. The molecule has 3 nitrogen and oxygen atoms in total. The smallest absolute Gasteiger partial charge is 0.124 e. The molecule has 0 spiro atoms. The van der Waals surface area contributed by atoms with Crippen molar-refractivity contribution < 1.29 is 4.74 Å². The van der Waals surface area contributed by atoms with Crippen LogP contribution in [-0.2, 0) is 12.0 Å². The van der Waals surface area contributed by atoms with E-state index in [0.717, 1.165) is 48.5 Å². The molecule has 1 aliphatic rings. The first-order valence-corrected chi connectivity index (χ1v) is 8.69. The minimum atomic E-state index is -0.660. The van der Waals surface area contributed by atoms with Gasteiger partial charge in [-0.25, -0.2) is 0 Å². The Labute approximate surface area is 144 Å². The number of nitriles is 1. The van der Waals surface area contributed by atoms with Crippen LogP contribution in [0.2, 0.25) is 0 Å². The van der Waals surface area contributed by atoms with E-state index < -0.39 is 5.41 Å². The van der Waals surface area contributed by atoms with Gasteiger partial charge in [-0.15, -0.1) is 0 Å². The third-order valence-electron chi connectivity index (χ3n) is 5.10. The first-order chi connectivity index (χ1) is 11.7. The summed E-state index contributed by atoms with van der Waals surface area (Å²) in [5.74, 6) is 0.829. The molecule has 0 saturated heterocycles. The van der Waals surface area contributed by atoms with Crippen LogP contribution in [0.4, 0.5) is 0 Å². The summed E-state index contributed by atoms with van der Waals surface area (Å²) in [4.78, 5) is 2.37. The zero-order valence-electron chi connectivity index (χ0n) is 14.5. The highest BCUT2D eigenvalue weighted by molar-refractivity contribution is 5.55. The predicted octanol–water partition coefficient (Wildman–Crippen LogP) is 4.12. The molecule has 2 aromatic rings. The Hall–Kier alpha value is -2.31. The summed E-state index contributed by atoms with van der Waals surface area (Å²) in [6.45, 7) is 7.74. The van der Waals surface area contributed by atoms with Gasteiger partial charge >= 0.3 is 0 Å². The van der Waals surface area contributed by atoms with Crippen molar-refractivity contribution in [3.05, 3.63) is 65.2 Å². The number of hydrogen-bond acceptors (Lipinski definition) is 3. The molecule has 0 bridgehead atoms. The lowest BCUT2D eigenvalue weighted by atomic mass is 9.71. The lowest BCUT2D eigenvalue weighted by Gasteiger charge is -2.31. The lowest BCUT2D eigenvalue weighted by molar-refractivity contribution is 0.283. The number of benzene rings is 2. The molecule has 0 fully saturated rings. The van der Waals surface area contributed by atoms with E-state index >= 15 is 0 Å². The van der Waals surface area contributed by atoms with Gasteiger partial charge in [0.15, 0.2) is 0 Å². The zero-order valence-corrected chi connectivity index (χ0v) is 14.5. The van der Waals surface area contributed by atoms with Gasteiger partial charge in [-0.2, -0.15) is 5.26 Å². The van der Waals surface area contributed by atoms with Crippen LogP contribution in [-0.4, -0.2) is 24.5 Å². The number of fused-ring (bicyclic) bond motifs is 2. The predicted molar refractivity (Wildman–Crippen MR) is 96.0 cm³/mol. The maximum absolute atomic E-state index is 10.3. The maximum atomic E-state index is 10.3. The van der Waals surface area contributed by atoms with Gasteiger partial charge in [-0.05, 0) is 36.7 Å². The molecule has 24 heavy (non-hydrogen) atoms. The molecule has 0 radical (unpaired) electrons. The van der Waals surface area contributed by atoms with Gasteiger partial charge in [0.05, 0.1) is 6.07 Å². The molecule has 0 aliphatic carbocycles. The van der Waals surface area contributed by atoms with Crippen molar-refractivity contribution >= 4 is 0 Å². The first-order valence-electron chi connectivity index (χ1n) is 8.69. The van der Waals surface area contributed by atoms with Gasteiger partial charge in [0.2, 0.25) is 0 Å². The first kappa shape index (κ1) is 16.5. The van der Waals surface area contributed by atoms with Crippen molar-refractivity contribution in [3.63, 3.8) is 0 Å². The van der Waals surface area contributed by atoms with E-state index in [9.17, 15) is 5.26 Å². The molecule has 0 amide bonds. The minimum absolute atomic E-state index is 0.516. The monoisotopic (exact) mass is 320 g/mol. The van der Waals surface area contributed by atoms with Crippen molar-refractivity contribution in [3.8, 4) is 11.8 Å². The normalized spacial score (nSPS) is 18.9. The van der Waals surface area contributed by atoms with E-state index in [-0.39, 0.29) is 0 Å². The lowest BCUT2D eigenvalue weighted by Crippen LogP contribution is -2.33. The Bertz CT molecular complexity index is 696. The molecule has 1 aliphatic heterocycles. The average molecular weight is 320 g/mol. The molecule has 3 rings (SSSR count). The molecule has 1 heterocycles. The van der Waals surface area contributed by atoms with Crippen LogP contribution in [0, 0.1) is 11.3 Å². The fourth-order valence-electron chi connectivity index (χ4n) is 3.62. The highest BCUT2D eigenvalue weighted by Gasteiger charge is 2.40. The van der Waals surface area contributed by atoms with Crippen molar-refractivity contribution in [2.75, 3.05) is 19.6 Å². The van der Waals surface area contributed by atoms with Crippen LogP contribution in [0.15, 0.2) is 48.5 Å². The van der Waals surface area contributed by atoms with Crippen molar-refractivity contribution in [2.45, 2.75) is 32.3 Å². The van der Waals surface area contributed by atoms with Crippen molar-refractivity contribution in [1.29, 1.82) is 5.26 Å². The minimum Gasteiger partial charge on any atom is -0.489 e. The molecular weight excluding hydrogens is 296 g/mol. The summed E-state index contributed by atoms with van der Waals surface area (Å²) < 4.78 is 6.03. The second-order valence-corrected chi connectivity index (χ2v) is 6.24.